The number of hydrogen-bond acceptors (Lipinski definition) is 0. The van der Waals surface area contributed by atoms with E-state index in [4.69, 9.17) is 11.6 Å². The molecule has 0 heterocycles. The highest BCUT2D eigenvalue weighted by atomic mass is 35.5. The Balaban J connectivity index is 1.89. The highest BCUT2D eigenvalue weighted by molar-refractivity contribution is 6.30. The van der Waals surface area contributed by atoms with Gasteiger partial charge in [0.1, 0.15) is 0 Å². The normalized spacial score (nSPS) is 20.9. The molecule has 0 amide bonds. The van der Waals surface area contributed by atoms with Gasteiger partial charge in [0.05, 0.1) is 0 Å². The van der Waals surface area contributed by atoms with E-state index in [1.54, 1.807) is 0 Å². The van der Waals surface area contributed by atoms with E-state index in [1.165, 1.54) is 5.56 Å². The summed E-state index contributed by atoms with van der Waals surface area (Å²) in [5.74, 6) is -2.02. The van der Waals surface area contributed by atoms with E-state index >= 15 is 0 Å². The van der Waals surface area contributed by atoms with Gasteiger partial charge in [0, 0.05) is 17.9 Å². The lowest BCUT2D eigenvalue weighted by atomic mass is 9.83. The van der Waals surface area contributed by atoms with Crippen molar-refractivity contribution in [3.05, 3.63) is 34.9 Å². The number of hydrogen-bond donors (Lipinski definition) is 0. The molecule has 0 aliphatic heterocycles. The third-order valence-corrected chi connectivity index (χ3v) is 3.53. The highest BCUT2D eigenvalue weighted by Gasteiger charge is 2.34. The summed E-state index contributed by atoms with van der Waals surface area (Å²) in [5, 5.41) is 0.721. The van der Waals surface area contributed by atoms with E-state index in [1.807, 2.05) is 24.3 Å². The summed E-state index contributed by atoms with van der Waals surface area (Å²) < 4.78 is 25.9. The van der Waals surface area contributed by atoms with Crippen LogP contribution in [0.4, 0.5) is 8.78 Å². The first-order chi connectivity index (χ1) is 7.55. The van der Waals surface area contributed by atoms with Crippen molar-refractivity contribution in [1.82, 2.24) is 0 Å². The third-order valence-electron chi connectivity index (χ3n) is 3.27. The van der Waals surface area contributed by atoms with Gasteiger partial charge in [-0.2, -0.15) is 0 Å². The fourth-order valence-electron chi connectivity index (χ4n) is 2.26. The largest absolute Gasteiger partial charge is 0.248 e. The molecule has 0 aromatic heterocycles. The van der Waals surface area contributed by atoms with Crippen molar-refractivity contribution in [2.24, 2.45) is 5.92 Å². The Morgan fingerprint density at radius 3 is 2.25 bits per heavy atom. The molecule has 0 radical (unpaired) electrons. The van der Waals surface area contributed by atoms with Gasteiger partial charge in [-0.3, -0.25) is 0 Å². The molecule has 88 valence electrons. The monoisotopic (exact) mass is 244 g/mol. The van der Waals surface area contributed by atoms with Gasteiger partial charge in [0.25, 0.3) is 0 Å². The van der Waals surface area contributed by atoms with Gasteiger partial charge >= 0.3 is 0 Å². The Kier molecular flexibility index (Phi) is 3.48. The minimum atomic E-state index is -2.42. The Morgan fingerprint density at radius 1 is 1.12 bits per heavy atom. The van der Waals surface area contributed by atoms with Gasteiger partial charge in [-0.25, -0.2) is 8.78 Å². The van der Waals surface area contributed by atoms with Crippen LogP contribution >= 0.6 is 11.6 Å². The SMILES string of the molecule is FC1(F)CCC(Cc2ccc(Cl)cc2)CC1. The molecule has 1 aliphatic carbocycles. The second-order valence-corrected chi connectivity index (χ2v) is 5.07. The molecule has 0 nitrogen and oxygen atoms in total. The van der Waals surface area contributed by atoms with Crippen molar-refractivity contribution >= 4 is 11.6 Å². The van der Waals surface area contributed by atoms with Crippen LogP contribution in [-0.2, 0) is 6.42 Å². The minimum Gasteiger partial charge on any atom is -0.207 e. The summed E-state index contributed by atoms with van der Waals surface area (Å²) in [5.41, 5.74) is 1.19. The van der Waals surface area contributed by atoms with E-state index in [-0.39, 0.29) is 12.8 Å². The quantitative estimate of drug-likeness (QED) is 0.707. The zero-order chi connectivity index (χ0) is 11.6. The minimum absolute atomic E-state index is 0.0469. The van der Waals surface area contributed by atoms with Crippen LogP contribution in [0.25, 0.3) is 0 Å². The molecule has 1 aliphatic rings. The Hall–Kier alpha value is -0.630. The van der Waals surface area contributed by atoms with E-state index < -0.39 is 5.92 Å². The molecule has 2 rings (SSSR count). The van der Waals surface area contributed by atoms with Crippen molar-refractivity contribution in [3.63, 3.8) is 0 Å². The lowest BCUT2D eigenvalue weighted by Crippen LogP contribution is -2.25. The first kappa shape index (κ1) is 11.8. The standard InChI is InChI=1S/C13H15ClF2/c14-12-3-1-10(2-4-12)9-11-5-7-13(15,16)8-6-11/h1-4,11H,5-9H2. The summed E-state index contributed by atoms with van der Waals surface area (Å²) in [6.07, 6.45) is 2.26. The summed E-state index contributed by atoms with van der Waals surface area (Å²) in [6, 6.07) is 7.67. The number of rotatable bonds is 2. The predicted molar refractivity (Wildman–Crippen MR) is 62.1 cm³/mol. The molecule has 0 atom stereocenters. The fourth-order valence-corrected chi connectivity index (χ4v) is 2.38. The molecule has 1 saturated carbocycles. The summed E-state index contributed by atoms with van der Waals surface area (Å²) in [7, 11) is 0. The average Bonchev–Trinajstić information content (AvgIpc) is 2.24. The van der Waals surface area contributed by atoms with E-state index in [9.17, 15) is 8.78 Å². The smallest absolute Gasteiger partial charge is 0.207 e. The molecule has 0 saturated heterocycles. The maximum absolute atomic E-state index is 13.0. The van der Waals surface area contributed by atoms with Crippen LogP contribution in [0, 0.1) is 5.92 Å². The van der Waals surface area contributed by atoms with Crippen molar-refractivity contribution < 1.29 is 8.78 Å². The van der Waals surface area contributed by atoms with E-state index in [0.717, 1.165) is 11.4 Å². The average molecular weight is 245 g/mol. The summed E-state index contributed by atoms with van der Waals surface area (Å²) >= 11 is 5.79. The summed E-state index contributed by atoms with van der Waals surface area (Å²) in [4.78, 5) is 0. The Morgan fingerprint density at radius 2 is 1.69 bits per heavy atom. The first-order valence-electron chi connectivity index (χ1n) is 5.67. The zero-order valence-electron chi connectivity index (χ0n) is 9.06. The fraction of sp³-hybridized carbons (Fsp3) is 0.538. The molecule has 0 N–H and O–H groups in total. The molecule has 0 bridgehead atoms. The van der Waals surface area contributed by atoms with E-state index in [0.29, 0.717) is 18.8 Å². The van der Waals surface area contributed by atoms with Gasteiger partial charge in [0.15, 0.2) is 0 Å². The molecular weight excluding hydrogens is 230 g/mol. The first-order valence-corrected chi connectivity index (χ1v) is 6.05. The zero-order valence-corrected chi connectivity index (χ0v) is 9.81. The molecule has 0 unspecified atom stereocenters. The molecule has 1 aromatic rings. The third kappa shape index (κ3) is 3.18. The topological polar surface area (TPSA) is 0 Å². The second kappa shape index (κ2) is 4.70. The maximum Gasteiger partial charge on any atom is 0.248 e. The van der Waals surface area contributed by atoms with Gasteiger partial charge in [-0.05, 0) is 42.9 Å². The van der Waals surface area contributed by atoms with Crippen molar-refractivity contribution in [2.75, 3.05) is 0 Å². The van der Waals surface area contributed by atoms with Crippen LogP contribution in [0.3, 0.4) is 0 Å². The number of alkyl halides is 2. The van der Waals surface area contributed by atoms with Crippen LogP contribution < -0.4 is 0 Å². The molecule has 1 fully saturated rings. The van der Waals surface area contributed by atoms with Crippen LogP contribution in [0.2, 0.25) is 5.02 Å². The molecule has 1 aromatic carbocycles. The van der Waals surface area contributed by atoms with Crippen LogP contribution in [0.5, 0.6) is 0 Å². The van der Waals surface area contributed by atoms with Gasteiger partial charge < -0.3 is 0 Å². The van der Waals surface area contributed by atoms with E-state index in [2.05, 4.69) is 0 Å². The second-order valence-electron chi connectivity index (χ2n) is 4.63. The van der Waals surface area contributed by atoms with Crippen molar-refractivity contribution in [3.8, 4) is 0 Å². The molecule has 0 spiro atoms. The summed E-state index contributed by atoms with van der Waals surface area (Å²) in [6.45, 7) is 0. The predicted octanol–water partition coefficient (Wildman–Crippen LogP) is 4.71. The number of benzene rings is 1. The van der Waals surface area contributed by atoms with Crippen LogP contribution in [-0.4, -0.2) is 5.92 Å². The van der Waals surface area contributed by atoms with Gasteiger partial charge in [-0.15, -0.1) is 0 Å². The van der Waals surface area contributed by atoms with Gasteiger partial charge in [-0.1, -0.05) is 23.7 Å². The Labute approximate surface area is 99.6 Å². The molecular formula is C13H15ClF2. The lowest BCUT2D eigenvalue weighted by Gasteiger charge is -2.28. The molecule has 16 heavy (non-hydrogen) atoms. The lowest BCUT2D eigenvalue weighted by molar-refractivity contribution is -0.0456. The highest BCUT2D eigenvalue weighted by Crippen LogP contribution is 2.37. The Bertz CT molecular complexity index is 335. The molecule has 3 heteroatoms. The van der Waals surface area contributed by atoms with Crippen molar-refractivity contribution in [1.29, 1.82) is 0 Å². The van der Waals surface area contributed by atoms with Crippen LogP contribution in [0.1, 0.15) is 31.2 Å². The van der Waals surface area contributed by atoms with Crippen molar-refractivity contribution in [2.45, 2.75) is 38.0 Å². The van der Waals surface area contributed by atoms with Gasteiger partial charge in [0.2, 0.25) is 5.92 Å². The number of halogens is 3. The van der Waals surface area contributed by atoms with Crippen LogP contribution in [0.15, 0.2) is 24.3 Å². The maximum atomic E-state index is 13.0.